The van der Waals surface area contributed by atoms with Crippen LogP contribution in [0.3, 0.4) is 0 Å². The maximum absolute atomic E-state index is 12.2. The Labute approximate surface area is 452 Å². The summed E-state index contributed by atoms with van der Waals surface area (Å²) in [6, 6.07) is 83.6. The molecule has 0 radical (unpaired) electrons. The molecule has 0 atom stereocenters. The first-order valence-electron chi connectivity index (χ1n) is 24.0. The molecule has 0 aliphatic rings. The Morgan fingerprint density at radius 1 is 0.276 bits per heavy atom. The summed E-state index contributed by atoms with van der Waals surface area (Å²) in [5.41, 5.74) is 12.9. The van der Waals surface area contributed by atoms with Crippen molar-refractivity contribution in [1.82, 2.24) is 0 Å². The second-order valence-electron chi connectivity index (χ2n) is 17.4. The molecule has 10 nitrogen and oxygen atoms in total. The number of benzene rings is 10. The van der Waals surface area contributed by atoms with Crippen LogP contribution in [-0.2, 0) is 20.2 Å². The maximum atomic E-state index is 12.2. The molecule has 0 spiro atoms. The second kappa shape index (κ2) is 22.4. The lowest BCUT2D eigenvalue weighted by Crippen LogP contribution is -2.12. The molecule has 0 heterocycles. The Morgan fingerprint density at radius 2 is 0.474 bits per heavy atom. The smallest absolute Gasteiger partial charge is 0.295 e. The molecule has 0 amide bonds. The zero-order valence-electron chi connectivity index (χ0n) is 41.2. The molecule has 2 N–H and O–H groups in total. The Balaban J connectivity index is 0.940. The normalized spacial score (nSPS) is 11.5. The Kier molecular flexibility index (Phi) is 15.2. The molecule has 14 heteroatoms. The van der Waals surface area contributed by atoms with Gasteiger partial charge in [0, 0.05) is 78.0 Å². The highest BCUT2D eigenvalue weighted by Crippen LogP contribution is 2.44. The average molecular weight is 1080 g/mol. The SMILES string of the molecule is CSc1cc(N(c2ccccc2)c2ccc(N(c3ccccc3)c3ccc(-c4ccc(N(c5ccccc5)c5ccc(N(c6ccccc6)c6ccc(S(=O)(=O)O)c(SC)c6)cc5)cc4)cc3)cc2)ccc1S(=O)(=O)O. The molecule has 0 aliphatic heterocycles. The molecule has 0 aromatic heterocycles. The Bertz CT molecular complexity index is 3570. The number of thioether (sulfide) groups is 2. The second-order valence-corrected chi connectivity index (χ2v) is 21.9. The van der Waals surface area contributed by atoms with E-state index in [2.05, 4.69) is 117 Å². The largest absolute Gasteiger partial charge is 0.311 e. The fourth-order valence-corrected chi connectivity index (χ4v) is 12.5. The highest BCUT2D eigenvalue weighted by Gasteiger charge is 2.23. The van der Waals surface area contributed by atoms with Crippen LogP contribution < -0.4 is 19.6 Å². The summed E-state index contributed by atoms with van der Waals surface area (Å²) in [6.45, 7) is 0. The molecule has 0 unspecified atom stereocenters. The van der Waals surface area contributed by atoms with Crippen molar-refractivity contribution in [2.75, 3.05) is 32.1 Å². The maximum Gasteiger partial charge on any atom is 0.295 e. The molecule has 0 bridgehead atoms. The van der Waals surface area contributed by atoms with E-state index in [-0.39, 0.29) is 9.79 Å². The molecule has 10 rings (SSSR count). The van der Waals surface area contributed by atoms with Crippen LogP contribution in [0.15, 0.2) is 274 Å². The van der Waals surface area contributed by atoms with Crippen molar-refractivity contribution in [3.05, 3.63) is 255 Å². The van der Waals surface area contributed by atoms with Gasteiger partial charge in [-0.1, -0.05) is 97.1 Å². The van der Waals surface area contributed by atoms with Gasteiger partial charge in [0.25, 0.3) is 20.2 Å². The zero-order chi connectivity index (χ0) is 52.8. The van der Waals surface area contributed by atoms with Crippen LogP contribution in [-0.4, -0.2) is 38.5 Å². The Morgan fingerprint density at radius 3 is 0.697 bits per heavy atom. The highest BCUT2D eigenvalue weighted by molar-refractivity contribution is 7.99. The van der Waals surface area contributed by atoms with E-state index in [0.29, 0.717) is 9.79 Å². The predicted octanol–water partition coefficient (Wildman–Crippen LogP) is 17.2. The van der Waals surface area contributed by atoms with E-state index in [0.717, 1.165) is 79.4 Å². The van der Waals surface area contributed by atoms with Crippen LogP contribution in [0.25, 0.3) is 11.1 Å². The summed E-state index contributed by atoms with van der Waals surface area (Å²) in [4.78, 5) is 9.15. The fourth-order valence-electron chi connectivity index (χ4n) is 9.22. The van der Waals surface area contributed by atoms with Crippen molar-refractivity contribution in [2.45, 2.75) is 19.6 Å². The number of anilines is 12. The van der Waals surface area contributed by atoms with E-state index in [1.165, 1.54) is 35.7 Å². The molecule has 0 saturated heterocycles. The molecule has 10 aromatic rings. The van der Waals surface area contributed by atoms with E-state index < -0.39 is 20.2 Å². The number of nitrogens with zero attached hydrogens (tertiary/aromatic N) is 4. The predicted molar refractivity (Wildman–Crippen MR) is 314 cm³/mol. The summed E-state index contributed by atoms with van der Waals surface area (Å²) in [5, 5.41) is 0. The lowest BCUT2D eigenvalue weighted by Gasteiger charge is -2.29. The third-order valence-corrected chi connectivity index (χ3v) is 16.4. The van der Waals surface area contributed by atoms with Crippen molar-refractivity contribution in [2.24, 2.45) is 0 Å². The molecular formula is C62H50N4O6S4. The molecule has 0 fully saturated rings. The van der Waals surface area contributed by atoms with Gasteiger partial charge >= 0.3 is 0 Å². The van der Waals surface area contributed by atoms with Crippen LogP contribution in [0, 0.1) is 0 Å². The summed E-state index contributed by atoms with van der Waals surface area (Å²) >= 11 is 2.51. The fraction of sp³-hybridized carbons (Fsp3) is 0.0323. The van der Waals surface area contributed by atoms with Crippen molar-refractivity contribution < 1.29 is 25.9 Å². The van der Waals surface area contributed by atoms with Gasteiger partial charge < -0.3 is 19.6 Å². The van der Waals surface area contributed by atoms with E-state index >= 15 is 0 Å². The molecule has 76 heavy (non-hydrogen) atoms. The third-order valence-electron chi connectivity index (χ3n) is 12.7. The standard InChI is InChI=1S/C62H50N4O6S4/c1-73-59-43-57(39-41-61(59)75(67,68)69)65(49-19-11-5-12-20-49)55-35-31-53(32-36-55)63(47-15-7-3-8-16-47)51-27-23-45(24-28-51)46-25-29-52(30-26-46)64(48-17-9-4-10-18-48)54-33-37-56(38-34-54)66(50-21-13-6-14-22-50)58-40-42-62(76(70,71)72)60(44-58)74-2/h3-44H,1-2H3,(H,67,68,69)(H,70,71,72). The molecule has 0 aliphatic carbocycles. The summed E-state index contributed by atoms with van der Waals surface area (Å²) in [7, 11) is -8.82. The molecule has 378 valence electrons. The highest BCUT2D eigenvalue weighted by atomic mass is 32.2. The quantitative estimate of drug-likeness (QED) is 0.0667. The molecular weight excluding hydrogens is 1020 g/mol. The van der Waals surface area contributed by atoms with Crippen molar-refractivity contribution in [1.29, 1.82) is 0 Å². The number of para-hydroxylation sites is 4. The van der Waals surface area contributed by atoms with Crippen molar-refractivity contribution in [3.8, 4) is 11.1 Å². The first-order chi connectivity index (χ1) is 36.9. The minimum absolute atomic E-state index is 0.130. The molecule has 10 aromatic carbocycles. The number of hydrogen-bond donors (Lipinski definition) is 2. The monoisotopic (exact) mass is 1070 g/mol. The van der Waals surface area contributed by atoms with Gasteiger partial charge in [0.05, 0.1) is 0 Å². The lowest BCUT2D eigenvalue weighted by molar-refractivity contribution is 0.479. The topological polar surface area (TPSA) is 122 Å². The van der Waals surface area contributed by atoms with Crippen molar-refractivity contribution in [3.63, 3.8) is 0 Å². The van der Waals surface area contributed by atoms with Gasteiger partial charge in [-0.05, 0) is 181 Å². The van der Waals surface area contributed by atoms with Crippen LogP contribution in [0.1, 0.15) is 0 Å². The number of rotatable bonds is 17. The minimum Gasteiger partial charge on any atom is -0.311 e. The summed E-state index contributed by atoms with van der Waals surface area (Å²) in [5.74, 6) is 0. The Hall–Kier alpha value is -8.08. The van der Waals surface area contributed by atoms with Gasteiger partial charge in [0.1, 0.15) is 9.79 Å². The van der Waals surface area contributed by atoms with E-state index in [4.69, 9.17) is 0 Å². The summed E-state index contributed by atoms with van der Waals surface area (Å²) in [6.07, 6.45) is 3.57. The van der Waals surface area contributed by atoms with Gasteiger partial charge in [-0.3, -0.25) is 9.11 Å². The van der Waals surface area contributed by atoms with Crippen LogP contribution in [0.2, 0.25) is 0 Å². The van der Waals surface area contributed by atoms with E-state index in [1.54, 1.807) is 36.8 Å². The van der Waals surface area contributed by atoms with Gasteiger partial charge in [-0.25, -0.2) is 0 Å². The van der Waals surface area contributed by atoms with E-state index in [1.807, 2.05) is 121 Å². The van der Waals surface area contributed by atoms with Crippen LogP contribution in [0.4, 0.5) is 68.2 Å². The molecule has 0 saturated carbocycles. The van der Waals surface area contributed by atoms with Crippen molar-refractivity contribution >= 4 is 112 Å². The zero-order valence-corrected chi connectivity index (χ0v) is 44.5. The third kappa shape index (κ3) is 11.1. The average Bonchev–Trinajstić information content (AvgIpc) is 3.47. The lowest BCUT2D eigenvalue weighted by atomic mass is 10.0. The number of hydrogen-bond acceptors (Lipinski definition) is 10. The summed E-state index contributed by atoms with van der Waals surface area (Å²) < 4.78 is 68.7. The van der Waals surface area contributed by atoms with E-state index in [9.17, 15) is 25.9 Å². The van der Waals surface area contributed by atoms with Crippen LogP contribution in [0.5, 0.6) is 0 Å². The van der Waals surface area contributed by atoms with Crippen LogP contribution >= 0.6 is 23.5 Å². The van der Waals surface area contributed by atoms with Gasteiger partial charge in [-0.2, -0.15) is 16.8 Å². The first-order valence-corrected chi connectivity index (χ1v) is 29.3. The first kappa shape index (κ1) is 51.4. The van der Waals surface area contributed by atoms with Gasteiger partial charge in [-0.15, -0.1) is 23.5 Å². The minimum atomic E-state index is -4.41. The van der Waals surface area contributed by atoms with Gasteiger partial charge in [0.2, 0.25) is 0 Å². The van der Waals surface area contributed by atoms with Gasteiger partial charge in [0.15, 0.2) is 0 Å².